The maximum Gasteiger partial charge on any atom is 0.422 e. The number of ether oxygens (including phenoxy) is 1. The summed E-state index contributed by atoms with van der Waals surface area (Å²) < 4.78 is 71.2. The first-order valence-corrected chi connectivity index (χ1v) is 11.9. The topological polar surface area (TPSA) is 80.5 Å². The van der Waals surface area contributed by atoms with E-state index >= 15 is 0 Å². The lowest BCUT2D eigenvalue weighted by Gasteiger charge is -2.33. The second-order valence-corrected chi connectivity index (χ2v) is 9.59. The first-order valence-electron chi connectivity index (χ1n) is 11.1. The van der Waals surface area contributed by atoms with Gasteiger partial charge in [-0.05, 0) is 48.0 Å². The molecule has 200 valence electrons. The standard InChI is InChI=1S/C25H21F5N4O3S/c1-33(11-24(36,12-34-15-31-14-32-34)19-7-4-17(26)10-20(19)27)23(35)22-9-8-21(38-22)16-2-5-18(6-3-16)37-13-25(28,29)30/h2-10,14-15,36H,11-13H2,1H3. The van der Waals surface area contributed by atoms with E-state index in [4.69, 9.17) is 4.74 Å². The molecule has 4 aromatic rings. The number of carbonyl (C=O) groups excluding carboxylic acids is 1. The monoisotopic (exact) mass is 552 g/mol. The van der Waals surface area contributed by atoms with E-state index in [1.165, 1.54) is 41.4 Å². The molecule has 0 spiro atoms. The minimum absolute atomic E-state index is 0.0540. The zero-order chi connectivity index (χ0) is 27.5. The molecule has 0 radical (unpaired) electrons. The SMILES string of the molecule is CN(CC(O)(Cn1cncn1)c1ccc(F)cc1F)C(=O)c1ccc(-c2ccc(OCC(F)(F)F)cc2)s1. The minimum Gasteiger partial charge on any atom is -0.484 e. The molecule has 1 amide bonds. The van der Waals surface area contributed by atoms with Crippen LogP contribution in [0.25, 0.3) is 10.4 Å². The Labute approximate surface area is 217 Å². The zero-order valence-electron chi connectivity index (χ0n) is 19.8. The van der Waals surface area contributed by atoms with Crippen LogP contribution in [0.4, 0.5) is 22.0 Å². The van der Waals surface area contributed by atoms with Crippen LogP contribution in [0.3, 0.4) is 0 Å². The molecule has 1 N–H and O–H groups in total. The Balaban J connectivity index is 1.51. The molecule has 4 rings (SSSR count). The van der Waals surface area contributed by atoms with E-state index < -0.39 is 35.9 Å². The molecule has 0 aliphatic carbocycles. The van der Waals surface area contributed by atoms with Crippen LogP contribution >= 0.6 is 11.3 Å². The number of halogens is 5. The summed E-state index contributed by atoms with van der Waals surface area (Å²) in [6, 6.07) is 12.0. The smallest absolute Gasteiger partial charge is 0.422 e. The van der Waals surface area contributed by atoms with Gasteiger partial charge in [0, 0.05) is 23.6 Å². The first-order chi connectivity index (χ1) is 17.9. The van der Waals surface area contributed by atoms with Crippen LogP contribution in [-0.2, 0) is 12.1 Å². The molecule has 0 saturated heterocycles. The number of hydrogen-bond donors (Lipinski definition) is 1. The van der Waals surface area contributed by atoms with Crippen LogP contribution in [0.2, 0.25) is 0 Å². The van der Waals surface area contributed by atoms with Gasteiger partial charge in [0.15, 0.2) is 6.61 Å². The van der Waals surface area contributed by atoms with E-state index in [9.17, 15) is 31.9 Å². The number of thiophene rings is 1. The van der Waals surface area contributed by atoms with Crippen molar-refractivity contribution < 1.29 is 36.6 Å². The van der Waals surface area contributed by atoms with Crippen LogP contribution in [0, 0.1) is 11.6 Å². The summed E-state index contributed by atoms with van der Waals surface area (Å²) in [7, 11) is 1.43. The quantitative estimate of drug-likeness (QED) is 0.299. The van der Waals surface area contributed by atoms with Crippen molar-refractivity contribution in [1.82, 2.24) is 19.7 Å². The highest BCUT2D eigenvalue weighted by molar-refractivity contribution is 7.17. The van der Waals surface area contributed by atoms with Crippen LogP contribution in [-0.4, -0.2) is 57.1 Å². The number of amides is 1. The van der Waals surface area contributed by atoms with Crippen molar-refractivity contribution in [1.29, 1.82) is 0 Å². The normalized spacial score (nSPS) is 13.2. The van der Waals surface area contributed by atoms with Crippen molar-refractivity contribution in [3.63, 3.8) is 0 Å². The molecule has 1 unspecified atom stereocenters. The predicted molar refractivity (Wildman–Crippen MR) is 129 cm³/mol. The molecule has 2 aromatic carbocycles. The summed E-state index contributed by atoms with van der Waals surface area (Å²) in [4.78, 5) is 19.2. The van der Waals surface area contributed by atoms with E-state index in [0.717, 1.165) is 23.5 Å². The predicted octanol–water partition coefficient (Wildman–Crippen LogP) is 4.89. The van der Waals surface area contributed by atoms with Gasteiger partial charge in [0.25, 0.3) is 5.91 Å². The van der Waals surface area contributed by atoms with Crippen molar-refractivity contribution in [2.24, 2.45) is 0 Å². The van der Waals surface area contributed by atoms with Gasteiger partial charge in [-0.15, -0.1) is 11.3 Å². The van der Waals surface area contributed by atoms with Gasteiger partial charge in [-0.2, -0.15) is 18.3 Å². The van der Waals surface area contributed by atoms with Crippen molar-refractivity contribution in [2.45, 2.75) is 18.3 Å². The Hall–Kier alpha value is -3.84. The van der Waals surface area contributed by atoms with Crippen molar-refractivity contribution in [3.8, 4) is 16.2 Å². The van der Waals surface area contributed by atoms with E-state index in [0.29, 0.717) is 21.4 Å². The lowest BCUT2D eigenvalue weighted by atomic mass is 9.92. The molecule has 1 atom stereocenters. The molecule has 7 nitrogen and oxygen atoms in total. The number of alkyl halides is 3. The maximum absolute atomic E-state index is 14.7. The Morgan fingerprint density at radius 3 is 2.47 bits per heavy atom. The molecular weight excluding hydrogens is 531 g/mol. The van der Waals surface area contributed by atoms with Crippen LogP contribution in [0.15, 0.2) is 67.3 Å². The van der Waals surface area contributed by atoms with Gasteiger partial charge in [0.1, 0.15) is 35.6 Å². The Morgan fingerprint density at radius 1 is 1.11 bits per heavy atom. The number of benzene rings is 2. The Kier molecular flexibility index (Phi) is 7.78. The van der Waals surface area contributed by atoms with Crippen LogP contribution in [0.5, 0.6) is 5.75 Å². The number of likely N-dealkylation sites (N-methyl/N-ethyl adjacent to an activating group) is 1. The number of nitrogens with zero attached hydrogens (tertiary/aromatic N) is 4. The van der Waals surface area contributed by atoms with Gasteiger partial charge in [0.2, 0.25) is 0 Å². The van der Waals surface area contributed by atoms with Gasteiger partial charge in [-0.25, -0.2) is 18.4 Å². The largest absolute Gasteiger partial charge is 0.484 e. The second-order valence-electron chi connectivity index (χ2n) is 8.50. The fraction of sp³-hybridized carbons (Fsp3) is 0.240. The highest BCUT2D eigenvalue weighted by Gasteiger charge is 2.36. The molecule has 2 heterocycles. The molecule has 0 aliphatic rings. The van der Waals surface area contributed by atoms with Gasteiger partial charge in [-0.3, -0.25) is 4.79 Å². The molecule has 0 aliphatic heterocycles. The summed E-state index contributed by atoms with van der Waals surface area (Å²) in [5, 5.41) is 15.4. The van der Waals surface area contributed by atoms with E-state index in [-0.39, 0.29) is 24.4 Å². The lowest BCUT2D eigenvalue weighted by molar-refractivity contribution is -0.153. The van der Waals surface area contributed by atoms with Gasteiger partial charge < -0.3 is 14.7 Å². The molecule has 38 heavy (non-hydrogen) atoms. The van der Waals surface area contributed by atoms with Crippen LogP contribution in [0.1, 0.15) is 15.2 Å². The summed E-state index contributed by atoms with van der Waals surface area (Å²) in [6.45, 7) is -2.01. The second kappa shape index (κ2) is 10.9. The van der Waals surface area contributed by atoms with Crippen molar-refractivity contribution in [2.75, 3.05) is 20.2 Å². The lowest BCUT2D eigenvalue weighted by Crippen LogP contribution is -2.45. The molecule has 13 heteroatoms. The third-order valence-corrected chi connectivity index (χ3v) is 6.65. The van der Waals surface area contributed by atoms with Gasteiger partial charge in [-0.1, -0.05) is 6.07 Å². The van der Waals surface area contributed by atoms with Crippen molar-refractivity contribution >= 4 is 17.2 Å². The summed E-state index contributed by atoms with van der Waals surface area (Å²) in [6.07, 6.45) is -1.89. The average Bonchev–Trinajstić information content (AvgIpc) is 3.54. The number of aromatic nitrogens is 3. The van der Waals surface area contributed by atoms with E-state index in [2.05, 4.69) is 10.1 Å². The number of hydrogen-bond acceptors (Lipinski definition) is 6. The number of rotatable bonds is 9. The first kappa shape index (κ1) is 27.2. The average molecular weight is 553 g/mol. The number of aliphatic hydroxyl groups is 1. The highest BCUT2D eigenvalue weighted by Crippen LogP contribution is 2.32. The maximum atomic E-state index is 14.7. The molecule has 0 bridgehead atoms. The molecule has 2 aromatic heterocycles. The van der Waals surface area contributed by atoms with E-state index in [1.807, 2.05) is 0 Å². The Bertz CT molecular complexity index is 1390. The number of carbonyl (C=O) groups is 1. The zero-order valence-corrected chi connectivity index (χ0v) is 20.6. The van der Waals surface area contributed by atoms with Crippen LogP contribution < -0.4 is 4.74 Å². The third-order valence-electron chi connectivity index (χ3n) is 5.53. The third kappa shape index (κ3) is 6.53. The molecule has 0 saturated carbocycles. The summed E-state index contributed by atoms with van der Waals surface area (Å²) in [5.74, 6) is -2.20. The minimum atomic E-state index is -4.45. The van der Waals surface area contributed by atoms with Gasteiger partial charge >= 0.3 is 6.18 Å². The fourth-order valence-electron chi connectivity index (χ4n) is 3.81. The van der Waals surface area contributed by atoms with Gasteiger partial charge in [0.05, 0.1) is 18.0 Å². The molecule has 0 fully saturated rings. The van der Waals surface area contributed by atoms with Crippen molar-refractivity contribution in [3.05, 3.63) is 89.3 Å². The molecular formula is C25H21F5N4O3S. The summed E-state index contributed by atoms with van der Waals surface area (Å²) >= 11 is 1.13. The highest BCUT2D eigenvalue weighted by atomic mass is 32.1. The fourth-order valence-corrected chi connectivity index (χ4v) is 4.82. The van der Waals surface area contributed by atoms with E-state index in [1.54, 1.807) is 24.3 Å². The summed E-state index contributed by atoms with van der Waals surface area (Å²) in [5.41, 5.74) is -1.52. The Morgan fingerprint density at radius 2 is 1.84 bits per heavy atom.